The Labute approximate surface area is 163 Å². The zero-order valence-electron chi connectivity index (χ0n) is 16.2. The molecule has 1 aliphatic rings. The fourth-order valence-electron chi connectivity index (χ4n) is 3.18. The largest absolute Gasteiger partial charge is 0.493 e. The van der Waals surface area contributed by atoms with E-state index in [0.717, 1.165) is 0 Å². The molecule has 0 saturated carbocycles. The molecule has 0 atom stereocenters. The fourth-order valence-corrected chi connectivity index (χ4v) is 3.18. The van der Waals surface area contributed by atoms with E-state index < -0.39 is 0 Å². The van der Waals surface area contributed by atoms with E-state index in [0.29, 0.717) is 54.6 Å². The Hall–Kier alpha value is -3.29. The number of amides is 2. The summed E-state index contributed by atoms with van der Waals surface area (Å²) in [5.41, 5.74) is 1.04. The summed E-state index contributed by atoms with van der Waals surface area (Å²) in [6.07, 6.45) is 3.19. The van der Waals surface area contributed by atoms with Crippen molar-refractivity contribution in [3.05, 3.63) is 47.8 Å². The molecule has 1 aromatic carbocycles. The zero-order valence-corrected chi connectivity index (χ0v) is 16.2. The van der Waals surface area contributed by atoms with Gasteiger partial charge in [-0.15, -0.1) is 0 Å². The van der Waals surface area contributed by atoms with Gasteiger partial charge in [0.25, 0.3) is 11.8 Å². The van der Waals surface area contributed by atoms with E-state index in [2.05, 4.69) is 4.98 Å². The number of nitrogens with zero attached hydrogens (tertiary/aromatic N) is 3. The number of piperazine rings is 1. The standard InChI is InChI=1S/C20H23N3O5/c1-26-16-12-15(13-17(27-2)18(16)28-3)20(25)23-10-8-22(9-11-23)19(24)14-4-6-21-7-5-14/h4-7,12-13H,8-11H2,1-3H3. The number of methoxy groups -OCH3 is 3. The van der Waals surface area contributed by atoms with Crippen LogP contribution in [0.15, 0.2) is 36.7 Å². The van der Waals surface area contributed by atoms with Crippen molar-refractivity contribution in [2.24, 2.45) is 0 Å². The summed E-state index contributed by atoms with van der Waals surface area (Å²) in [6.45, 7) is 1.84. The highest BCUT2D eigenvalue weighted by molar-refractivity contribution is 5.96. The molecule has 1 aliphatic heterocycles. The van der Waals surface area contributed by atoms with Crippen molar-refractivity contribution < 1.29 is 23.8 Å². The van der Waals surface area contributed by atoms with E-state index >= 15 is 0 Å². The zero-order chi connectivity index (χ0) is 20.1. The number of carbonyl (C=O) groups is 2. The molecule has 2 amide bonds. The number of carbonyl (C=O) groups excluding carboxylic acids is 2. The number of benzene rings is 1. The summed E-state index contributed by atoms with van der Waals surface area (Å²) in [5, 5.41) is 0. The van der Waals surface area contributed by atoms with Gasteiger partial charge in [-0.2, -0.15) is 0 Å². The normalized spacial score (nSPS) is 13.8. The van der Waals surface area contributed by atoms with Crippen LogP contribution in [0.5, 0.6) is 17.2 Å². The smallest absolute Gasteiger partial charge is 0.254 e. The maximum Gasteiger partial charge on any atom is 0.254 e. The van der Waals surface area contributed by atoms with Gasteiger partial charge in [-0.1, -0.05) is 0 Å². The number of hydrogen-bond donors (Lipinski definition) is 0. The number of aromatic nitrogens is 1. The van der Waals surface area contributed by atoms with E-state index in [4.69, 9.17) is 14.2 Å². The van der Waals surface area contributed by atoms with Crippen LogP contribution in [0.2, 0.25) is 0 Å². The number of pyridine rings is 1. The summed E-state index contributed by atoms with van der Waals surface area (Å²) in [7, 11) is 4.53. The Balaban J connectivity index is 1.71. The molecule has 0 radical (unpaired) electrons. The predicted molar refractivity (Wildman–Crippen MR) is 102 cm³/mol. The second kappa shape index (κ2) is 8.60. The van der Waals surface area contributed by atoms with Gasteiger partial charge in [-0.25, -0.2) is 0 Å². The fraction of sp³-hybridized carbons (Fsp3) is 0.350. The van der Waals surface area contributed by atoms with Gasteiger partial charge in [0.05, 0.1) is 21.3 Å². The summed E-state index contributed by atoms with van der Waals surface area (Å²) < 4.78 is 15.9. The molecular formula is C20H23N3O5. The predicted octanol–water partition coefficient (Wildman–Crippen LogP) is 1.71. The maximum atomic E-state index is 12.9. The average molecular weight is 385 g/mol. The molecule has 1 saturated heterocycles. The van der Waals surface area contributed by atoms with Crippen LogP contribution in [0.1, 0.15) is 20.7 Å². The van der Waals surface area contributed by atoms with Gasteiger partial charge in [0.2, 0.25) is 5.75 Å². The second-order valence-corrected chi connectivity index (χ2v) is 6.23. The SMILES string of the molecule is COc1cc(C(=O)N2CCN(C(=O)c3ccncc3)CC2)cc(OC)c1OC. The van der Waals surface area contributed by atoms with Crippen LogP contribution in [-0.2, 0) is 0 Å². The molecule has 8 nitrogen and oxygen atoms in total. The molecule has 2 heterocycles. The van der Waals surface area contributed by atoms with Gasteiger partial charge in [0.15, 0.2) is 11.5 Å². The van der Waals surface area contributed by atoms with Crippen molar-refractivity contribution in [2.75, 3.05) is 47.5 Å². The molecule has 0 unspecified atom stereocenters. The highest BCUT2D eigenvalue weighted by atomic mass is 16.5. The van der Waals surface area contributed by atoms with Crippen molar-refractivity contribution in [2.45, 2.75) is 0 Å². The number of rotatable bonds is 5. The number of hydrogen-bond acceptors (Lipinski definition) is 6. The molecule has 0 bridgehead atoms. The van der Waals surface area contributed by atoms with Gasteiger partial charge >= 0.3 is 0 Å². The van der Waals surface area contributed by atoms with Crippen molar-refractivity contribution in [1.82, 2.24) is 14.8 Å². The van der Waals surface area contributed by atoms with E-state index in [1.165, 1.54) is 21.3 Å². The minimum Gasteiger partial charge on any atom is -0.493 e. The molecular weight excluding hydrogens is 362 g/mol. The molecule has 2 aromatic rings. The van der Waals surface area contributed by atoms with Crippen molar-refractivity contribution in [1.29, 1.82) is 0 Å². The first kappa shape index (κ1) is 19.5. The van der Waals surface area contributed by atoms with Crippen molar-refractivity contribution >= 4 is 11.8 Å². The first-order chi connectivity index (χ1) is 13.6. The molecule has 0 spiro atoms. The third-order valence-electron chi connectivity index (χ3n) is 4.69. The molecule has 1 aromatic heterocycles. The molecule has 0 aliphatic carbocycles. The quantitative estimate of drug-likeness (QED) is 0.779. The minimum absolute atomic E-state index is 0.0534. The molecule has 148 valence electrons. The van der Waals surface area contributed by atoms with Gasteiger partial charge in [-0.05, 0) is 24.3 Å². The van der Waals surface area contributed by atoms with Crippen LogP contribution in [0, 0.1) is 0 Å². The summed E-state index contributed by atoms with van der Waals surface area (Å²) >= 11 is 0. The molecule has 1 fully saturated rings. The molecule has 28 heavy (non-hydrogen) atoms. The number of ether oxygens (including phenoxy) is 3. The Bertz CT molecular complexity index is 823. The Morgan fingerprint density at radius 3 is 1.68 bits per heavy atom. The average Bonchev–Trinajstić information content (AvgIpc) is 2.77. The Kier molecular flexibility index (Phi) is 5.98. The summed E-state index contributed by atoms with van der Waals surface area (Å²) in [5.74, 6) is 1.10. The van der Waals surface area contributed by atoms with E-state index in [9.17, 15) is 9.59 Å². The van der Waals surface area contributed by atoms with E-state index in [-0.39, 0.29) is 11.8 Å². The maximum absolute atomic E-state index is 12.9. The highest BCUT2D eigenvalue weighted by Gasteiger charge is 2.27. The lowest BCUT2D eigenvalue weighted by atomic mass is 10.1. The van der Waals surface area contributed by atoms with Gasteiger partial charge in [-0.3, -0.25) is 14.6 Å². The van der Waals surface area contributed by atoms with E-state index in [1.807, 2.05) is 0 Å². The topological polar surface area (TPSA) is 81.2 Å². The Morgan fingerprint density at radius 1 is 0.786 bits per heavy atom. The van der Waals surface area contributed by atoms with Crippen LogP contribution in [-0.4, -0.2) is 74.1 Å². The van der Waals surface area contributed by atoms with Gasteiger partial charge < -0.3 is 24.0 Å². The molecule has 8 heteroatoms. The first-order valence-corrected chi connectivity index (χ1v) is 8.87. The summed E-state index contributed by atoms with van der Waals surface area (Å²) in [6, 6.07) is 6.65. The molecule has 0 N–H and O–H groups in total. The van der Waals surface area contributed by atoms with Crippen LogP contribution in [0.3, 0.4) is 0 Å². The van der Waals surface area contributed by atoms with Gasteiger partial charge in [0, 0.05) is 49.7 Å². The van der Waals surface area contributed by atoms with Crippen LogP contribution < -0.4 is 14.2 Å². The van der Waals surface area contributed by atoms with Crippen LogP contribution in [0.4, 0.5) is 0 Å². The third-order valence-corrected chi connectivity index (χ3v) is 4.69. The highest BCUT2D eigenvalue weighted by Crippen LogP contribution is 2.38. The van der Waals surface area contributed by atoms with Crippen LogP contribution in [0.25, 0.3) is 0 Å². The Morgan fingerprint density at radius 2 is 1.25 bits per heavy atom. The second-order valence-electron chi connectivity index (χ2n) is 6.23. The lowest BCUT2D eigenvalue weighted by molar-refractivity contribution is 0.0535. The minimum atomic E-state index is -0.143. The van der Waals surface area contributed by atoms with Crippen molar-refractivity contribution in [3.63, 3.8) is 0 Å². The van der Waals surface area contributed by atoms with E-state index in [1.54, 1.807) is 46.5 Å². The first-order valence-electron chi connectivity index (χ1n) is 8.87. The van der Waals surface area contributed by atoms with Crippen LogP contribution >= 0.6 is 0 Å². The lowest BCUT2D eigenvalue weighted by Gasteiger charge is -2.35. The monoisotopic (exact) mass is 385 g/mol. The lowest BCUT2D eigenvalue weighted by Crippen LogP contribution is -2.50. The third kappa shape index (κ3) is 3.85. The van der Waals surface area contributed by atoms with Gasteiger partial charge in [0.1, 0.15) is 0 Å². The summed E-state index contributed by atoms with van der Waals surface area (Å²) in [4.78, 5) is 32.9. The van der Waals surface area contributed by atoms with Crippen molar-refractivity contribution in [3.8, 4) is 17.2 Å². The molecule has 3 rings (SSSR count).